The van der Waals surface area contributed by atoms with E-state index in [1.54, 1.807) is 6.33 Å². The van der Waals surface area contributed by atoms with E-state index in [2.05, 4.69) is 29.7 Å². The molecular weight excluding hydrogens is 342 g/mol. The Morgan fingerprint density at radius 2 is 2.04 bits per heavy atom. The number of anilines is 2. The van der Waals surface area contributed by atoms with Crippen LogP contribution >= 0.6 is 0 Å². The minimum atomic E-state index is -0.294. The van der Waals surface area contributed by atoms with Crippen molar-refractivity contribution in [2.24, 2.45) is 5.92 Å². The number of carbonyl (C=O) groups excluding carboxylic acids is 1. The van der Waals surface area contributed by atoms with Gasteiger partial charge in [-0.2, -0.15) is 4.98 Å². The number of aromatic amines is 1. The van der Waals surface area contributed by atoms with E-state index in [1.807, 2.05) is 13.0 Å². The number of nitrogens with one attached hydrogen (secondary N) is 1. The van der Waals surface area contributed by atoms with Gasteiger partial charge >= 0.3 is 0 Å². The highest BCUT2D eigenvalue weighted by Gasteiger charge is 2.51. The fourth-order valence-electron chi connectivity index (χ4n) is 4.70. The second-order valence-electron chi connectivity index (χ2n) is 7.99. The standard InChI is InChI=1S/C19H25N7O/c1-12-10-15(24-18(20)23-12)25-8-5-19(6-9-25)16-14(21-11-22-16)4-7-26(19)17(27)13-2-3-13/h10-11,13H,2-9H2,1H3,(H,21,22)(H2,20,23,24). The maximum atomic E-state index is 13.0. The molecule has 3 aliphatic rings. The van der Waals surface area contributed by atoms with E-state index in [-0.39, 0.29) is 11.5 Å². The number of nitrogens with two attached hydrogens (primary N) is 1. The van der Waals surface area contributed by atoms with E-state index in [0.29, 0.717) is 11.9 Å². The molecule has 1 saturated carbocycles. The van der Waals surface area contributed by atoms with Gasteiger partial charge in [0.25, 0.3) is 0 Å². The molecule has 27 heavy (non-hydrogen) atoms. The van der Waals surface area contributed by atoms with E-state index in [9.17, 15) is 4.79 Å². The zero-order chi connectivity index (χ0) is 18.6. The maximum absolute atomic E-state index is 13.0. The van der Waals surface area contributed by atoms with Crippen LogP contribution in [-0.4, -0.2) is 50.4 Å². The number of nitrogens with zero attached hydrogens (tertiary/aromatic N) is 5. The molecule has 2 aliphatic heterocycles. The molecule has 8 nitrogen and oxygen atoms in total. The minimum Gasteiger partial charge on any atom is -0.368 e. The Kier molecular flexibility index (Phi) is 3.63. The van der Waals surface area contributed by atoms with Crippen LogP contribution in [0.5, 0.6) is 0 Å². The minimum absolute atomic E-state index is 0.227. The lowest BCUT2D eigenvalue weighted by Crippen LogP contribution is -2.58. The molecule has 1 amide bonds. The van der Waals surface area contributed by atoms with Gasteiger partial charge in [-0.1, -0.05) is 0 Å². The van der Waals surface area contributed by atoms with Crippen LogP contribution < -0.4 is 10.6 Å². The van der Waals surface area contributed by atoms with Gasteiger partial charge < -0.3 is 20.5 Å². The molecule has 5 rings (SSSR count). The van der Waals surface area contributed by atoms with Crippen molar-refractivity contribution >= 4 is 17.7 Å². The number of fused-ring (bicyclic) bond motifs is 2. The van der Waals surface area contributed by atoms with Crippen molar-refractivity contribution in [1.29, 1.82) is 0 Å². The van der Waals surface area contributed by atoms with Crippen LogP contribution in [0, 0.1) is 12.8 Å². The lowest BCUT2D eigenvalue weighted by Gasteiger charge is -2.50. The summed E-state index contributed by atoms with van der Waals surface area (Å²) in [7, 11) is 0. The number of piperidine rings is 1. The molecule has 2 aromatic heterocycles. The number of rotatable bonds is 2. The number of imidazole rings is 1. The summed E-state index contributed by atoms with van der Waals surface area (Å²) in [5.41, 5.74) is 8.67. The summed E-state index contributed by atoms with van der Waals surface area (Å²) in [6.07, 6.45) is 6.41. The first kappa shape index (κ1) is 16.5. The molecule has 3 N–H and O–H groups in total. The highest BCUT2D eigenvalue weighted by atomic mass is 16.2. The Labute approximate surface area is 158 Å². The Morgan fingerprint density at radius 1 is 1.26 bits per heavy atom. The van der Waals surface area contributed by atoms with Crippen LogP contribution in [0.2, 0.25) is 0 Å². The zero-order valence-electron chi connectivity index (χ0n) is 15.6. The highest BCUT2D eigenvalue weighted by Crippen LogP contribution is 2.45. The number of nitrogen functional groups attached to an aromatic ring is 1. The molecule has 1 aliphatic carbocycles. The molecule has 2 fully saturated rings. The summed E-state index contributed by atoms with van der Waals surface area (Å²) in [6, 6.07) is 1.97. The van der Waals surface area contributed by atoms with Gasteiger partial charge in [-0.15, -0.1) is 0 Å². The number of hydrogen-bond donors (Lipinski definition) is 2. The summed E-state index contributed by atoms with van der Waals surface area (Å²) < 4.78 is 0. The van der Waals surface area contributed by atoms with E-state index >= 15 is 0 Å². The van der Waals surface area contributed by atoms with Crippen molar-refractivity contribution in [1.82, 2.24) is 24.8 Å². The van der Waals surface area contributed by atoms with Crippen molar-refractivity contribution in [3.8, 4) is 0 Å². The Bertz CT molecular complexity index is 860. The third-order valence-electron chi connectivity index (χ3n) is 6.23. The number of H-pyrrole nitrogens is 1. The van der Waals surface area contributed by atoms with E-state index in [4.69, 9.17) is 5.73 Å². The molecule has 142 valence electrons. The highest BCUT2D eigenvalue weighted by molar-refractivity contribution is 5.82. The van der Waals surface area contributed by atoms with Gasteiger partial charge in [0, 0.05) is 49.4 Å². The lowest BCUT2D eigenvalue weighted by atomic mass is 9.78. The largest absolute Gasteiger partial charge is 0.368 e. The van der Waals surface area contributed by atoms with E-state index in [0.717, 1.165) is 68.9 Å². The van der Waals surface area contributed by atoms with Crippen molar-refractivity contribution in [3.63, 3.8) is 0 Å². The summed E-state index contributed by atoms with van der Waals surface area (Å²) in [5, 5.41) is 0. The Balaban J connectivity index is 1.45. The third kappa shape index (κ3) is 2.65. The molecule has 8 heteroatoms. The van der Waals surface area contributed by atoms with Gasteiger partial charge in [0.1, 0.15) is 5.82 Å². The molecule has 1 spiro atoms. The molecular formula is C19H25N7O. The maximum Gasteiger partial charge on any atom is 0.226 e. The smallest absolute Gasteiger partial charge is 0.226 e. The van der Waals surface area contributed by atoms with Gasteiger partial charge in [0.2, 0.25) is 11.9 Å². The molecule has 0 radical (unpaired) electrons. The second kappa shape index (κ2) is 5.94. The van der Waals surface area contributed by atoms with E-state index < -0.39 is 0 Å². The summed E-state index contributed by atoms with van der Waals surface area (Å²) in [4.78, 5) is 34.0. The SMILES string of the molecule is Cc1cc(N2CCC3(CC2)c2nc[nH]c2CCN3C(=O)C2CC2)nc(N)n1. The summed E-state index contributed by atoms with van der Waals surface area (Å²) in [6.45, 7) is 4.34. The molecule has 0 unspecified atom stereocenters. The van der Waals surface area contributed by atoms with Crippen LogP contribution in [0.25, 0.3) is 0 Å². The number of carbonyl (C=O) groups is 1. The Morgan fingerprint density at radius 3 is 2.74 bits per heavy atom. The van der Waals surface area contributed by atoms with Gasteiger partial charge in [-0.05, 0) is 32.6 Å². The first-order valence-electron chi connectivity index (χ1n) is 9.77. The predicted molar refractivity (Wildman–Crippen MR) is 101 cm³/mol. The average Bonchev–Trinajstić information content (AvgIpc) is 3.38. The number of aromatic nitrogens is 4. The molecule has 0 bridgehead atoms. The topological polar surface area (TPSA) is 104 Å². The van der Waals surface area contributed by atoms with E-state index in [1.165, 1.54) is 5.69 Å². The van der Waals surface area contributed by atoms with Crippen LogP contribution in [0.1, 0.15) is 42.8 Å². The summed E-state index contributed by atoms with van der Waals surface area (Å²) >= 11 is 0. The normalized spacial score (nSPS) is 21.4. The van der Waals surface area contributed by atoms with Gasteiger partial charge in [0.15, 0.2) is 0 Å². The first-order chi connectivity index (χ1) is 13.1. The van der Waals surface area contributed by atoms with Crippen LogP contribution in [0.4, 0.5) is 11.8 Å². The van der Waals surface area contributed by atoms with Crippen molar-refractivity contribution < 1.29 is 4.79 Å². The second-order valence-corrected chi connectivity index (χ2v) is 7.99. The zero-order valence-corrected chi connectivity index (χ0v) is 15.6. The molecule has 1 saturated heterocycles. The van der Waals surface area contributed by atoms with Gasteiger partial charge in [-0.3, -0.25) is 4.79 Å². The number of hydrogen-bond acceptors (Lipinski definition) is 6. The predicted octanol–water partition coefficient (Wildman–Crippen LogP) is 1.38. The van der Waals surface area contributed by atoms with Crippen LogP contribution in [0.3, 0.4) is 0 Å². The van der Waals surface area contributed by atoms with Crippen molar-refractivity contribution in [2.75, 3.05) is 30.3 Å². The average molecular weight is 367 g/mol. The van der Waals surface area contributed by atoms with Gasteiger partial charge in [-0.25, -0.2) is 9.97 Å². The molecule has 4 heterocycles. The lowest BCUT2D eigenvalue weighted by molar-refractivity contribution is -0.142. The molecule has 0 aromatic carbocycles. The molecule has 2 aromatic rings. The van der Waals surface area contributed by atoms with Crippen LogP contribution in [-0.2, 0) is 16.8 Å². The van der Waals surface area contributed by atoms with Crippen LogP contribution in [0.15, 0.2) is 12.4 Å². The monoisotopic (exact) mass is 367 g/mol. The fraction of sp³-hybridized carbons (Fsp3) is 0.579. The van der Waals surface area contributed by atoms with Crippen molar-refractivity contribution in [2.45, 2.75) is 44.6 Å². The number of aryl methyl sites for hydroxylation is 1. The Hall–Kier alpha value is -2.64. The summed E-state index contributed by atoms with van der Waals surface area (Å²) in [5.74, 6) is 1.72. The van der Waals surface area contributed by atoms with Gasteiger partial charge in [0.05, 0.1) is 17.6 Å². The van der Waals surface area contributed by atoms with Crippen molar-refractivity contribution in [3.05, 3.63) is 29.5 Å². The fourth-order valence-corrected chi connectivity index (χ4v) is 4.70. The third-order valence-corrected chi connectivity index (χ3v) is 6.23. The number of amides is 1. The molecule has 0 atom stereocenters. The first-order valence-corrected chi connectivity index (χ1v) is 9.77. The quantitative estimate of drug-likeness (QED) is 0.831.